The quantitative estimate of drug-likeness (QED) is 0.0829. The average molecular weight is 637 g/mol. The van der Waals surface area contributed by atoms with Gasteiger partial charge in [-0.3, -0.25) is 9.98 Å². The SMILES string of the molecule is CC=O.CCC(F)(F)CC(C)C.CCC/C=C(/N=C/C=C(\C)Nc1ccc(/C(C=N)=N/N)cc1)c1ccc(C)c(N=C(C)CC)c1. The van der Waals surface area contributed by atoms with Crippen molar-refractivity contribution < 1.29 is 13.6 Å². The molecule has 46 heavy (non-hydrogen) atoms. The van der Waals surface area contributed by atoms with Gasteiger partial charge in [0, 0.05) is 53.5 Å². The lowest BCUT2D eigenvalue weighted by Crippen LogP contribution is -2.16. The van der Waals surface area contributed by atoms with Crippen LogP contribution in [0.4, 0.5) is 20.2 Å². The Morgan fingerprint density at radius 3 is 2.15 bits per heavy atom. The molecule has 0 unspecified atom stereocenters. The van der Waals surface area contributed by atoms with Crippen molar-refractivity contribution in [1.82, 2.24) is 0 Å². The minimum atomic E-state index is -2.44. The summed E-state index contributed by atoms with van der Waals surface area (Å²) in [4.78, 5) is 18.3. The smallest absolute Gasteiger partial charge is 0.248 e. The van der Waals surface area contributed by atoms with E-state index in [0.29, 0.717) is 5.71 Å². The van der Waals surface area contributed by atoms with E-state index >= 15 is 0 Å². The lowest BCUT2D eigenvalue weighted by Gasteiger charge is -2.15. The van der Waals surface area contributed by atoms with Crippen LogP contribution in [-0.4, -0.2) is 36.1 Å². The molecule has 0 saturated heterocycles. The Hall–Kier alpha value is -4.27. The molecular formula is C37H54F2N6O. The molecule has 2 aromatic carbocycles. The molecule has 0 fully saturated rings. The van der Waals surface area contributed by atoms with Crippen LogP contribution >= 0.6 is 0 Å². The molecule has 7 nitrogen and oxygen atoms in total. The maximum Gasteiger partial charge on any atom is 0.248 e. The number of nitrogens with zero attached hydrogens (tertiary/aromatic N) is 3. The third kappa shape index (κ3) is 17.3. The van der Waals surface area contributed by atoms with Gasteiger partial charge in [0.1, 0.15) is 12.0 Å². The first-order valence-electron chi connectivity index (χ1n) is 15.8. The summed E-state index contributed by atoms with van der Waals surface area (Å²) in [6.45, 7) is 17.0. The van der Waals surface area contributed by atoms with Crippen LogP contribution in [0.3, 0.4) is 0 Å². The molecule has 0 bridgehead atoms. The first-order chi connectivity index (χ1) is 21.8. The van der Waals surface area contributed by atoms with Crippen molar-refractivity contribution in [3.8, 4) is 0 Å². The Bertz CT molecular complexity index is 1360. The van der Waals surface area contributed by atoms with Crippen molar-refractivity contribution in [2.45, 2.75) is 100 Å². The number of carbonyl (C=O) groups is 1. The van der Waals surface area contributed by atoms with Crippen LogP contribution in [0.5, 0.6) is 0 Å². The van der Waals surface area contributed by atoms with E-state index in [0.717, 1.165) is 76.9 Å². The zero-order chi connectivity index (χ0) is 35.1. The molecule has 0 aromatic heterocycles. The second kappa shape index (κ2) is 23.1. The van der Waals surface area contributed by atoms with Gasteiger partial charge >= 0.3 is 0 Å². The number of aryl methyl sites for hydroxylation is 1. The van der Waals surface area contributed by atoms with Crippen LogP contribution in [0, 0.1) is 18.3 Å². The molecule has 0 radical (unpaired) electrons. The number of hydrazone groups is 1. The van der Waals surface area contributed by atoms with Crippen molar-refractivity contribution in [3.05, 3.63) is 77.0 Å². The van der Waals surface area contributed by atoms with Crippen LogP contribution in [0.25, 0.3) is 5.70 Å². The maximum absolute atomic E-state index is 12.4. The molecule has 0 aliphatic heterocycles. The van der Waals surface area contributed by atoms with Crippen LogP contribution < -0.4 is 11.2 Å². The van der Waals surface area contributed by atoms with Gasteiger partial charge in [0.25, 0.3) is 0 Å². The number of nitrogens with one attached hydrogen (secondary N) is 2. The van der Waals surface area contributed by atoms with Gasteiger partial charge in [0.2, 0.25) is 5.92 Å². The molecule has 2 rings (SSSR count). The first kappa shape index (κ1) is 41.7. The molecule has 0 saturated carbocycles. The summed E-state index contributed by atoms with van der Waals surface area (Å²) in [5.41, 5.74) is 8.41. The fraction of sp³-hybridized carbons (Fsp3) is 0.432. The summed E-state index contributed by atoms with van der Waals surface area (Å²) in [7, 11) is 0. The van der Waals surface area contributed by atoms with Gasteiger partial charge in [-0.2, -0.15) is 5.10 Å². The fourth-order valence-corrected chi connectivity index (χ4v) is 3.86. The van der Waals surface area contributed by atoms with E-state index in [-0.39, 0.29) is 18.8 Å². The molecule has 4 N–H and O–H groups in total. The number of nitrogens with two attached hydrogens (primary N) is 1. The summed E-state index contributed by atoms with van der Waals surface area (Å²) < 4.78 is 24.8. The van der Waals surface area contributed by atoms with Crippen molar-refractivity contribution in [2.24, 2.45) is 26.8 Å². The standard InChI is InChI=1S/C28H36N6.C7H14F2.C2H4O/c1-6-8-9-26(24-11-10-20(3)27(18-24)33-21(4)7-2)31-17-16-22(5)32-25-14-12-23(13-15-25)28(19-29)34-30;1-4-7(8,9)5-6(2)3;1-2-3/h9-19,29,32H,6-8,30H2,1-5H3;6H,4-5H2,1-3H3;2H,1H3/b22-16+,26-9+,29-19?,31-17+,33-21?,34-28+;;. The molecule has 0 heterocycles. The zero-order valence-corrected chi connectivity index (χ0v) is 29.1. The van der Waals surface area contributed by atoms with E-state index in [9.17, 15) is 8.78 Å². The minimum absolute atomic E-state index is 0.0174. The predicted octanol–water partition coefficient (Wildman–Crippen LogP) is 10.3. The van der Waals surface area contributed by atoms with Crippen molar-refractivity contribution >= 4 is 47.2 Å². The second-order valence-corrected chi connectivity index (χ2v) is 11.1. The molecule has 0 spiro atoms. The summed E-state index contributed by atoms with van der Waals surface area (Å²) in [5.74, 6) is 2.98. The van der Waals surface area contributed by atoms with E-state index in [2.05, 4.69) is 62.4 Å². The van der Waals surface area contributed by atoms with Gasteiger partial charge in [-0.25, -0.2) is 8.78 Å². The van der Waals surface area contributed by atoms with E-state index in [1.54, 1.807) is 0 Å². The first-order valence-corrected chi connectivity index (χ1v) is 15.8. The maximum atomic E-state index is 12.4. The third-order valence-corrected chi connectivity index (χ3v) is 6.51. The monoisotopic (exact) mass is 636 g/mol. The highest BCUT2D eigenvalue weighted by Crippen LogP contribution is 2.27. The predicted molar refractivity (Wildman–Crippen MR) is 195 cm³/mol. The number of unbranched alkanes of at least 4 members (excludes halogenated alkanes) is 1. The number of carbonyl (C=O) groups excluding carboxylic acids is 1. The van der Waals surface area contributed by atoms with E-state index < -0.39 is 5.92 Å². The molecule has 2 aromatic rings. The van der Waals surface area contributed by atoms with Crippen molar-refractivity contribution in [2.75, 3.05) is 5.32 Å². The summed E-state index contributed by atoms with van der Waals surface area (Å²) in [6, 6.07) is 14.0. The lowest BCUT2D eigenvalue weighted by molar-refractivity contribution is -0.106. The number of rotatable bonds is 14. The molecular weight excluding hydrogens is 582 g/mol. The number of aldehydes is 1. The minimum Gasteiger partial charge on any atom is -0.359 e. The normalized spacial score (nSPS) is 12.7. The highest BCUT2D eigenvalue weighted by Gasteiger charge is 2.26. The van der Waals surface area contributed by atoms with Gasteiger partial charge in [-0.1, -0.05) is 71.4 Å². The van der Waals surface area contributed by atoms with Crippen molar-refractivity contribution in [3.63, 3.8) is 0 Å². The van der Waals surface area contributed by atoms with Gasteiger partial charge in [-0.15, -0.1) is 0 Å². The Morgan fingerprint density at radius 1 is 1.07 bits per heavy atom. The highest BCUT2D eigenvalue weighted by atomic mass is 19.3. The summed E-state index contributed by atoms with van der Waals surface area (Å²) in [5, 5.41) is 14.3. The Labute approximate surface area is 275 Å². The number of allylic oxidation sites excluding steroid dienone is 3. The number of hydrogen-bond donors (Lipinski definition) is 3. The Balaban J connectivity index is 0.00000143. The van der Waals surface area contributed by atoms with Gasteiger partial charge < -0.3 is 21.4 Å². The highest BCUT2D eigenvalue weighted by molar-refractivity contribution is 6.37. The number of anilines is 1. The number of aliphatic imine (C=N–C) groups is 2. The van der Waals surface area contributed by atoms with E-state index in [1.807, 2.05) is 57.3 Å². The number of halogens is 2. The Morgan fingerprint density at radius 2 is 1.67 bits per heavy atom. The van der Waals surface area contributed by atoms with E-state index in [4.69, 9.17) is 26.0 Å². The topological polar surface area (TPSA) is 116 Å². The van der Waals surface area contributed by atoms with Gasteiger partial charge in [-0.05, 0) is 76.3 Å². The lowest BCUT2D eigenvalue weighted by atomic mass is 10.0. The van der Waals surface area contributed by atoms with Crippen LogP contribution in [0.1, 0.15) is 104 Å². The molecule has 9 heteroatoms. The molecule has 0 aliphatic carbocycles. The number of alkyl halides is 2. The summed E-state index contributed by atoms with van der Waals surface area (Å²) in [6.07, 6.45) is 10.8. The number of hydrogen-bond acceptors (Lipinski definition) is 7. The third-order valence-electron chi connectivity index (χ3n) is 6.51. The molecule has 0 aliphatic rings. The second-order valence-electron chi connectivity index (χ2n) is 11.1. The van der Waals surface area contributed by atoms with Crippen LogP contribution in [-0.2, 0) is 4.79 Å². The zero-order valence-electron chi connectivity index (χ0n) is 29.1. The summed E-state index contributed by atoms with van der Waals surface area (Å²) >= 11 is 0. The van der Waals surface area contributed by atoms with Crippen LogP contribution in [0.15, 0.2) is 75.4 Å². The molecule has 0 amide bonds. The van der Waals surface area contributed by atoms with E-state index in [1.165, 1.54) is 13.8 Å². The Kier molecular flexibility index (Phi) is 21.0. The number of benzene rings is 2. The average Bonchev–Trinajstić information content (AvgIpc) is 3.01. The molecule has 0 atom stereocenters. The van der Waals surface area contributed by atoms with Crippen LogP contribution in [0.2, 0.25) is 0 Å². The van der Waals surface area contributed by atoms with Crippen molar-refractivity contribution in [1.29, 1.82) is 5.41 Å². The van der Waals surface area contributed by atoms with Gasteiger partial charge in [0.15, 0.2) is 0 Å². The van der Waals surface area contributed by atoms with Gasteiger partial charge in [0.05, 0.1) is 11.4 Å². The largest absolute Gasteiger partial charge is 0.359 e. The fourth-order valence-electron chi connectivity index (χ4n) is 3.86. The molecule has 252 valence electrons.